The maximum absolute atomic E-state index is 12.9. The second kappa shape index (κ2) is 8.46. The van der Waals surface area contributed by atoms with E-state index < -0.39 is 0 Å². The summed E-state index contributed by atoms with van der Waals surface area (Å²) in [6.45, 7) is 6.40. The molecule has 0 bridgehead atoms. The lowest BCUT2D eigenvalue weighted by atomic mass is 10.1. The van der Waals surface area contributed by atoms with Crippen LogP contribution < -0.4 is 5.32 Å². The lowest BCUT2D eigenvalue weighted by molar-refractivity contribution is 0.131. The molecule has 1 aromatic carbocycles. The highest BCUT2D eigenvalue weighted by molar-refractivity contribution is 6.31. The van der Waals surface area contributed by atoms with Crippen LogP contribution in [-0.4, -0.2) is 19.8 Å². The third kappa shape index (κ3) is 5.34. The van der Waals surface area contributed by atoms with Crippen molar-refractivity contribution >= 4 is 11.6 Å². The first kappa shape index (κ1) is 15.4. The van der Waals surface area contributed by atoms with Gasteiger partial charge in [-0.3, -0.25) is 0 Å². The molecule has 0 aliphatic rings. The maximum Gasteiger partial charge on any atom is 0.124 e. The zero-order valence-electron chi connectivity index (χ0n) is 11.0. The Hall–Kier alpha value is -0.640. The van der Waals surface area contributed by atoms with Crippen molar-refractivity contribution in [3.8, 4) is 0 Å². The van der Waals surface area contributed by atoms with Crippen molar-refractivity contribution in [2.75, 3.05) is 19.8 Å². The van der Waals surface area contributed by atoms with Crippen LogP contribution in [0.4, 0.5) is 4.39 Å². The first-order valence-corrected chi connectivity index (χ1v) is 6.79. The lowest BCUT2D eigenvalue weighted by Crippen LogP contribution is -2.23. The Morgan fingerprint density at radius 3 is 2.83 bits per heavy atom. The predicted octanol–water partition coefficient (Wildman–Crippen LogP) is 3.95. The van der Waals surface area contributed by atoms with E-state index in [1.54, 1.807) is 6.07 Å². The summed E-state index contributed by atoms with van der Waals surface area (Å²) in [5.41, 5.74) is 0.909. The molecule has 0 aromatic heterocycles. The molecular formula is C14H21ClFNO. The van der Waals surface area contributed by atoms with Crippen LogP contribution in [0.3, 0.4) is 0 Å². The van der Waals surface area contributed by atoms with Crippen molar-refractivity contribution in [3.05, 3.63) is 34.6 Å². The van der Waals surface area contributed by atoms with Crippen LogP contribution in [0.2, 0.25) is 5.02 Å². The van der Waals surface area contributed by atoms with Crippen molar-refractivity contribution < 1.29 is 9.13 Å². The van der Waals surface area contributed by atoms with Gasteiger partial charge >= 0.3 is 0 Å². The van der Waals surface area contributed by atoms with E-state index in [9.17, 15) is 4.39 Å². The Morgan fingerprint density at radius 1 is 1.39 bits per heavy atom. The summed E-state index contributed by atoms with van der Waals surface area (Å²) in [4.78, 5) is 0. The summed E-state index contributed by atoms with van der Waals surface area (Å²) in [7, 11) is 0. The van der Waals surface area contributed by atoms with Crippen LogP contribution in [0, 0.1) is 5.82 Å². The average molecular weight is 274 g/mol. The molecule has 2 nitrogen and oxygen atoms in total. The largest absolute Gasteiger partial charge is 0.380 e. The van der Waals surface area contributed by atoms with Gasteiger partial charge in [0, 0.05) is 24.2 Å². The molecule has 0 aliphatic heterocycles. The molecule has 0 amide bonds. The molecule has 0 saturated heterocycles. The number of nitrogens with one attached hydrogen (secondary N) is 1. The monoisotopic (exact) mass is 273 g/mol. The molecule has 4 heteroatoms. The fraction of sp³-hybridized carbons (Fsp3) is 0.571. The zero-order valence-corrected chi connectivity index (χ0v) is 11.8. The number of hydrogen-bond donors (Lipinski definition) is 1. The maximum atomic E-state index is 12.9. The van der Waals surface area contributed by atoms with Crippen molar-refractivity contribution in [1.82, 2.24) is 5.32 Å². The zero-order chi connectivity index (χ0) is 13.4. The molecule has 0 saturated carbocycles. The minimum atomic E-state index is -0.307. The van der Waals surface area contributed by atoms with E-state index in [2.05, 4.69) is 12.2 Å². The average Bonchev–Trinajstić information content (AvgIpc) is 2.33. The van der Waals surface area contributed by atoms with Gasteiger partial charge in [-0.25, -0.2) is 4.39 Å². The normalized spacial score (nSPS) is 12.7. The Balaban J connectivity index is 2.29. The number of hydrogen-bond acceptors (Lipinski definition) is 2. The summed E-state index contributed by atoms with van der Waals surface area (Å²) < 4.78 is 18.4. The molecule has 1 aromatic rings. The van der Waals surface area contributed by atoms with Crippen LogP contribution >= 0.6 is 11.6 Å². The minimum absolute atomic E-state index is 0.0906. The van der Waals surface area contributed by atoms with Crippen LogP contribution in [0.15, 0.2) is 18.2 Å². The second-order valence-corrected chi connectivity index (χ2v) is 4.71. The van der Waals surface area contributed by atoms with Gasteiger partial charge in [-0.15, -0.1) is 0 Å². The van der Waals surface area contributed by atoms with Crippen molar-refractivity contribution in [2.24, 2.45) is 0 Å². The van der Waals surface area contributed by atoms with Gasteiger partial charge in [-0.05, 0) is 31.0 Å². The standard InChI is InChI=1S/C14H21ClFNO/c1-3-4-8-18-9-7-17-11(2)13-6-5-12(16)10-14(13)15/h5-6,10-11,17H,3-4,7-9H2,1-2H3. The summed E-state index contributed by atoms with van der Waals surface area (Å²) in [5.74, 6) is -0.307. The predicted molar refractivity (Wildman–Crippen MR) is 73.6 cm³/mol. The Kier molecular flexibility index (Phi) is 7.25. The van der Waals surface area contributed by atoms with E-state index >= 15 is 0 Å². The number of halogens is 2. The van der Waals surface area contributed by atoms with Gasteiger partial charge in [0.05, 0.1) is 6.61 Å². The first-order chi connectivity index (χ1) is 8.65. The molecule has 18 heavy (non-hydrogen) atoms. The summed E-state index contributed by atoms with van der Waals surface area (Å²) >= 11 is 5.99. The molecule has 0 fully saturated rings. The Bertz CT molecular complexity index is 360. The van der Waals surface area contributed by atoms with Gasteiger partial charge in [0.2, 0.25) is 0 Å². The van der Waals surface area contributed by atoms with Crippen molar-refractivity contribution in [2.45, 2.75) is 32.7 Å². The van der Waals surface area contributed by atoms with Crippen LogP contribution in [0.1, 0.15) is 38.3 Å². The van der Waals surface area contributed by atoms with Gasteiger partial charge in [-0.1, -0.05) is 31.0 Å². The molecule has 0 radical (unpaired) electrons. The number of unbranched alkanes of at least 4 members (excludes halogenated alkanes) is 1. The molecular weight excluding hydrogens is 253 g/mol. The molecule has 1 unspecified atom stereocenters. The van der Waals surface area contributed by atoms with E-state index in [-0.39, 0.29) is 11.9 Å². The number of rotatable bonds is 8. The molecule has 0 spiro atoms. The highest BCUT2D eigenvalue weighted by Gasteiger charge is 2.09. The SMILES string of the molecule is CCCCOCCNC(C)c1ccc(F)cc1Cl. The third-order valence-electron chi connectivity index (χ3n) is 2.77. The molecule has 1 atom stereocenters. The Morgan fingerprint density at radius 2 is 2.17 bits per heavy atom. The number of benzene rings is 1. The van der Waals surface area contributed by atoms with E-state index in [0.717, 1.165) is 31.6 Å². The molecule has 0 heterocycles. The topological polar surface area (TPSA) is 21.3 Å². The molecule has 0 aliphatic carbocycles. The molecule has 1 N–H and O–H groups in total. The smallest absolute Gasteiger partial charge is 0.124 e. The van der Waals surface area contributed by atoms with Crippen molar-refractivity contribution in [1.29, 1.82) is 0 Å². The fourth-order valence-corrected chi connectivity index (χ4v) is 1.99. The summed E-state index contributed by atoms with van der Waals surface area (Å²) in [6.07, 6.45) is 2.24. The van der Waals surface area contributed by atoms with E-state index in [4.69, 9.17) is 16.3 Å². The van der Waals surface area contributed by atoms with Gasteiger partial charge < -0.3 is 10.1 Å². The molecule has 102 valence electrons. The highest BCUT2D eigenvalue weighted by atomic mass is 35.5. The van der Waals surface area contributed by atoms with E-state index in [1.807, 2.05) is 6.92 Å². The van der Waals surface area contributed by atoms with Gasteiger partial charge in [0.1, 0.15) is 5.82 Å². The summed E-state index contributed by atoms with van der Waals surface area (Å²) in [5, 5.41) is 3.76. The quantitative estimate of drug-likeness (QED) is 0.724. The van der Waals surface area contributed by atoms with Gasteiger partial charge in [0.15, 0.2) is 0 Å². The van der Waals surface area contributed by atoms with Crippen LogP contribution in [-0.2, 0) is 4.74 Å². The third-order valence-corrected chi connectivity index (χ3v) is 3.10. The van der Waals surface area contributed by atoms with E-state index in [1.165, 1.54) is 12.1 Å². The second-order valence-electron chi connectivity index (χ2n) is 4.31. The summed E-state index contributed by atoms with van der Waals surface area (Å²) in [6, 6.07) is 4.57. The molecule has 1 rings (SSSR count). The lowest BCUT2D eigenvalue weighted by Gasteiger charge is -2.15. The minimum Gasteiger partial charge on any atom is -0.380 e. The number of ether oxygens (including phenoxy) is 1. The van der Waals surface area contributed by atoms with E-state index in [0.29, 0.717) is 11.6 Å². The van der Waals surface area contributed by atoms with Crippen LogP contribution in [0.25, 0.3) is 0 Å². The van der Waals surface area contributed by atoms with Crippen LogP contribution in [0.5, 0.6) is 0 Å². The van der Waals surface area contributed by atoms with Gasteiger partial charge in [-0.2, -0.15) is 0 Å². The van der Waals surface area contributed by atoms with Gasteiger partial charge in [0.25, 0.3) is 0 Å². The highest BCUT2D eigenvalue weighted by Crippen LogP contribution is 2.23. The Labute approximate surface area is 113 Å². The fourth-order valence-electron chi connectivity index (χ4n) is 1.66. The first-order valence-electron chi connectivity index (χ1n) is 6.41. The van der Waals surface area contributed by atoms with Crippen molar-refractivity contribution in [3.63, 3.8) is 0 Å².